The zero-order chi connectivity index (χ0) is 15.0. The number of fused-ring (bicyclic) bond motifs is 1. The van der Waals surface area contributed by atoms with Gasteiger partial charge in [-0.15, -0.1) is 0 Å². The van der Waals surface area contributed by atoms with Crippen LogP contribution >= 0.6 is 11.6 Å². The van der Waals surface area contributed by atoms with Gasteiger partial charge < -0.3 is 24.2 Å². The van der Waals surface area contributed by atoms with Crippen molar-refractivity contribution >= 4 is 23.5 Å². The number of benzene rings is 1. The number of carbonyl (C=O) groups is 2. The van der Waals surface area contributed by atoms with E-state index in [0.29, 0.717) is 18.1 Å². The Balaban J connectivity index is 1.91. The van der Waals surface area contributed by atoms with Crippen LogP contribution in [-0.2, 0) is 9.53 Å². The summed E-state index contributed by atoms with van der Waals surface area (Å²) < 4.78 is 15.5. The number of aliphatic carboxylic acids is 1. The second-order valence-electron chi connectivity index (χ2n) is 4.62. The van der Waals surface area contributed by atoms with Crippen molar-refractivity contribution in [1.82, 2.24) is 4.90 Å². The minimum atomic E-state index is -1.10. The summed E-state index contributed by atoms with van der Waals surface area (Å²) in [7, 11) is 0. The second kappa shape index (κ2) is 5.42. The third-order valence-electron chi connectivity index (χ3n) is 3.35. The standard InChI is InChI=1S/C13H12ClNO6/c14-8-3-7(4-10-11(8)21-6-20-10)12(16)15-1-2-19-5-9(15)13(17)18/h3-4,9H,1-2,5-6H2,(H,17,18)/t9-/m1/s1. The molecule has 1 fully saturated rings. The molecule has 2 aliphatic heterocycles. The monoisotopic (exact) mass is 313 g/mol. The zero-order valence-electron chi connectivity index (χ0n) is 10.9. The second-order valence-corrected chi connectivity index (χ2v) is 5.03. The molecule has 1 amide bonds. The number of halogens is 1. The van der Waals surface area contributed by atoms with Crippen LogP contribution in [-0.4, -0.2) is 54.5 Å². The van der Waals surface area contributed by atoms with Crippen LogP contribution < -0.4 is 9.47 Å². The molecular formula is C13H12ClNO6. The Bertz CT molecular complexity index is 605. The quantitative estimate of drug-likeness (QED) is 0.876. The van der Waals surface area contributed by atoms with Gasteiger partial charge in [-0.3, -0.25) is 4.79 Å². The fourth-order valence-corrected chi connectivity index (χ4v) is 2.57. The number of hydrogen-bond donors (Lipinski definition) is 1. The highest BCUT2D eigenvalue weighted by Gasteiger charge is 2.34. The summed E-state index contributed by atoms with van der Waals surface area (Å²) >= 11 is 6.04. The van der Waals surface area contributed by atoms with Gasteiger partial charge in [-0.05, 0) is 12.1 Å². The van der Waals surface area contributed by atoms with E-state index in [0.717, 1.165) is 0 Å². The third kappa shape index (κ3) is 2.50. The van der Waals surface area contributed by atoms with Gasteiger partial charge in [0.15, 0.2) is 17.5 Å². The van der Waals surface area contributed by atoms with Crippen LogP contribution in [0, 0.1) is 0 Å². The lowest BCUT2D eigenvalue weighted by molar-refractivity contribution is -0.147. The summed E-state index contributed by atoms with van der Waals surface area (Å²) in [5.74, 6) is -0.753. The SMILES string of the molecule is O=C(O)[C@H]1COCCN1C(=O)c1cc(Cl)c2c(c1)OCO2. The van der Waals surface area contributed by atoms with Crippen LogP contribution in [0.25, 0.3) is 0 Å². The molecule has 0 aromatic heterocycles. The highest BCUT2D eigenvalue weighted by atomic mass is 35.5. The van der Waals surface area contributed by atoms with Gasteiger partial charge in [0.1, 0.15) is 0 Å². The molecule has 0 radical (unpaired) electrons. The van der Waals surface area contributed by atoms with Crippen molar-refractivity contribution in [2.24, 2.45) is 0 Å². The average molecular weight is 314 g/mol. The van der Waals surface area contributed by atoms with E-state index in [2.05, 4.69) is 0 Å². The van der Waals surface area contributed by atoms with Crippen molar-refractivity contribution in [3.8, 4) is 11.5 Å². The summed E-state index contributed by atoms with van der Waals surface area (Å²) in [6.07, 6.45) is 0. The maximum Gasteiger partial charge on any atom is 0.328 e. The molecular weight excluding hydrogens is 302 g/mol. The Morgan fingerprint density at radius 1 is 1.33 bits per heavy atom. The molecule has 21 heavy (non-hydrogen) atoms. The van der Waals surface area contributed by atoms with Crippen LogP contribution in [0.1, 0.15) is 10.4 Å². The van der Waals surface area contributed by atoms with E-state index in [1.54, 1.807) is 0 Å². The average Bonchev–Trinajstić information content (AvgIpc) is 2.95. The molecule has 8 heteroatoms. The molecule has 0 aliphatic carbocycles. The third-order valence-corrected chi connectivity index (χ3v) is 3.63. The molecule has 112 valence electrons. The van der Waals surface area contributed by atoms with Crippen molar-refractivity contribution in [3.63, 3.8) is 0 Å². The van der Waals surface area contributed by atoms with Crippen molar-refractivity contribution in [3.05, 3.63) is 22.7 Å². The Morgan fingerprint density at radius 3 is 2.90 bits per heavy atom. The molecule has 2 aliphatic rings. The molecule has 0 bridgehead atoms. The predicted octanol–water partition coefficient (Wildman–Crippen LogP) is 0.994. The first kappa shape index (κ1) is 14.0. The maximum atomic E-state index is 12.5. The van der Waals surface area contributed by atoms with Crippen LogP contribution in [0.5, 0.6) is 11.5 Å². The lowest BCUT2D eigenvalue weighted by atomic mass is 10.1. The van der Waals surface area contributed by atoms with Crippen LogP contribution in [0.3, 0.4) is 0 Å². The van der Waals surface area contributed by atoms with Gasteiger partial charge in [0.25, 0.3) is 5.91 Å². The van der Waals surface area contributed by atoms with E-state index in [4.69, 9.17) is 30.9 Å². The minimum Gasteiger partial charge on any atom is -0.480 e. The normalized spacial score (nSPS) is 20.4. The van der Waals surface area contributed by atoms with E-state index in [-0.39, 0.29) is 30.5 Å². The van der Waals surface area contributed by atoms with Crippen molar-refractivity contribution < 1.29 is 28.9 Å². The molecule has 1 N–H and O–H groups in total. The first-order valence-corrected chi connectivity index (χ1v) is 6.66. The lowest BCUT2D eigenvalue weighted by Gasteiger charge is -2.32. The summed E-state index contributed by atoms with van der Waals surface area (Å²) in [6, 6.07) is 1.95. The van der Waals surface area contributed by atoms with Gasteiger partial charge in [-0.1, -0.05) is 11.6 Å². The van der Waals surface area contributed by atoms with E-state index < -0.39 is 17.9 Å². The summed E-state index contributed by atoms with van der Waals surface area (Å²) in [6.45, 7) is 0.525. The number of carboxylic acid groups (broad SMARTS) is 1. The zero-order valence-corrected chi connectivity index (χ0v) is 11.6. The lowest BCUT2D eigenvalue weighted by Crippen LogP contribution is -2.52. The van der Waals surface area contributed by atoms with Gasteiger partial charge in [0, 0.05) is 12.1 Å². The van der Waals surface area contributed by atoms with Crippen LogP contribution in [0.15, 0.2) is 12.1 Å². The molecule has 0 unspecified atom stereocenters. The van der Waals surface area contributed by atoms with Crippen LogP contribution in [0.2, 0.25) is 5.02 Å². The van der Waals surface area contributed by atoms with Gasteiger partial charge >= 0.3 is 5.97 Å². The van der Waals surface area contributed by atoms with E-state index >= 15 is 0 Å². The molecule has 3 rings (SSSR count). The van der Waals surface area contributed by atoms with Gasteiger partial charge in [-0.25, -0.2) is 4.79 Å². The summed E-state index contributed by atoms with van der Waals surface area (Å²) in [5, 5.41) is 9.43. The van der Waals surface area contributed by atoms with Gasteiger partial charge in [0.2, 0.25) is 6.79 Å². The fourth-order valence-electron chi connectivity index (χ4n) is 2.31. The highest BCUT2D eigenvalue weighted by Crippen LogP contribution is 2.40. The molecule has 1 saturated heterocycles. The first-order valence-electron chi connectivity index (χ1n) is 6.28. The number of nitrogens with zero attached hydrogens (tertiary/aromatic N) is 1. The number of ether oxygens (including phenoxy) is 3. The summed E-state index contributed by atoms with van der Waals surface area (Å²) in [4.78, 5) is 25.0. The Hall–Kier alpha value is -1.99. The fraction of sp³-hybridized carbons (Fsp3) is 0.385. The van der Waals surface area contributed by atoms with E-state index in [1.165, 1.54) is 17.0 Å². The van der Waals surface area contributed by atoms with Crippen molar-refractivity contribution in [2.75, 3.05) is 26.6 Å². The minimum absolute atomic E-state index is 0.0284. The molecule has 0 spiro atoms. The molecule has 2 heterocycles. The smallest absolute Gasteiger partial charge is 0.328 e. The van der Waals surface area contributed by atoms with Crippen LogP contribution in [0.4, 0.5) is 0 Å². The number of hydrogen-bond acceptors (Lipinski definition) is 5. The van der Waals surface area contributed by atoms with Crippen molar-refractivity contribution in [1.29, 1.82) is 0 Å². The Labute approximate surface area is 124 Å². The molecule has 0 saturated carbocycles. The molecule has 7 nitrogen and oxygen atoms in total. The van der Waals surface area contributed by atoms with Gasteiger partial charge in [0.05, 0.1) is 18.2 Å². The largest absolute Gasteiger partial charge is 0.480 e. The highest BCUT2D eigenvalue weighted by molar-refractivity contribution is 6.32. The predicted molar refractivity (Wildman–Crippen MR) is 70.9 cm³/mol. The summed E-state index contributed by atoms with van der Waals surface area (Å²) in [5.41, 5.74) is 0.261. The number of carboxylic acids is 1. The molecule has 1 aromatic rings. The first-order chi connectivity index (χ1) is 10.1. The van der Waals surface area contributed by atoms with E-state index in [9.17, 15) is 9.59 Å². The van der Waals surface area contributed by atoms with Crippen molar-refractivity contribution in [2.45, 2.75) is 6.04 Å². The Kier molecular flexibility index (Phi) is 3.60. The number of morpholine rings is 1. The number of rotatable bonds is 2. The maximum absolute atomic E-state index is 12.5. The number of amides is 1. The number of carbonyl (C=O) groups excluding carboxylic acids is 1. The van der Waals surface area contributed by atoms with Gasteiger partial charge in [-0.2, -0.15) is 0 Å². The van der Waals surface area contributed by atoms with E-state index in [1.807, 2.05) is 0 Å². The molecule has 1 aromatic carbocycles. The Morgan fingerprint density at radius 2 is 2.14 bits per heavy atom. The topological polar surface area (TPSA) is 85.3 Å². The molecule has 1 atom stereocenters.